The van der Waals surface area contributed by atoms with Crippen LogP contribution < -0.4 is 15.8 Å². The minimum atomic E-state index is -0.463. The Bertz CT molecular complexity index is 827. The Morgan fingerprint density at radius 3 is 2.61 bits per heavy atom. The van der Waals surface area contributed by atoms with Crippen LogP contribution in [-0.2, 0) is 7.05 Å². The number of rotatable bonds is 1. The molecule has 2 aromatic heterocycles. The molecule has 6 nitrogen and oxygen atoms in total. The van der Waals surface area contributed by atoms with E-state index in [9.17, 15) is 9.59 Å². The van der Waals surface area contributed by atoms with Crippen LogP contribution >= 0.6 is 0 Å². The van der Waals surface area contributed by atoms with E-state index in [0.29, 0.717) is 11.3 Å². The van der Waals surface area contributed by atoms with Crippen LogP contribution in [0.1, 0.15) is 0 Å². The lowest BCUT2D eigenvalue weighted by Gasteiger charge is -2.01. The highest BCUT2D eigenvalue weighted by Gasteiger charge is 2.17. The quantitative estimate of drug-likeness (QED) is 0.591. The van der Waals surface area contributed by atoms with Gasteiger partial charge in [0.1, 0.15) is 6.20 Å². The van der Waals surface area contributed by atoms with Crippen LogP contribution in [0.4, 0.5) is 0 Å². The van der Waals surface area contributed by atoms with Crippen molar-refractivity contribution in [1.82, 2.24) is 14.2 Å². The summed E-state index contributed by atoms with van der Waals surface area (Å²) < 4.78 is 4.21. The summed E-state index contributed by atoms with van der Waals surface area (Å²) in [6.07, 6.45) is 3.34. The predicted molar refractivity (Wildman–Crippen MR) is 64.8 cm³/mol. The molecule has 0 aliphatic rings. The van der Waals surface area contributed by atoms with Crippen molar-refractivity contribution < 1.29 is 4.57 Å². The molecule has 6 heteroatoms. The zero-order valence-corrected chi connectivity index (χ0v) is 9.70. The first-order valence-electron chi connectivity index (χ1n) is 5.46. The van der Waals surface area contributed by atoms with Gasteiger partial charge in [-0.25, -0.2) is 13.9 Å². The van der Waals surface area contributed by atoms with Gasteiger partial charge in [-0.15, -0.1) is 4.52 Å². The molecule has 18 heavy (non-hydrogen) atoms. The molecule has 0 radical (unpaired) electrons. The summed E-state index contributed by atoms with van der Waals surface area (Å²) in [4.78, 5) is 24.3. The second kappa shape index (κ2) is 3.69. The summed E-state index contributed by atoms with van der Waals surface area (Å²) in [5.41, 5.74) is 0.137. The molecule has 0 aliphatic heterocycles. The van der Waals surface area contributed by atoms with Crippen LogP contribution in [0.25, 0.3) is 11.3 Å². The van der Waals surface area contributed by atoms with E-state index in [1.807, 2.05) is 6.07 Å². The smallest absolute Gasteiger partial charge is 0.259 e. The summed E-state index contributed by atoms with van der Waals surface area (Å²) in [6, 6.07) is 8.83. The normalized spacial score (nSPS) is 10.9. The topological polar surface area (TPSA) is 63.1 Å². The summed E-state index contributed by atoms with van der Waals surface area (Å²) in [6.45, 7) is 0. The standard InChI is InChI=1S/C12H10N4O2/c1-14-7-8-15-10(14)11(17)16(12(18)13-15)9-5-3-2-4-6-9/h2-8H,1H3/p+1. The molecule has 0 bridgehead atoms. The number of aromatic nitrogens is 4. The SMILES string of the molecule is C[n+]1ccn2[nH]c(=O)n(-c3ccccc3)c(=O)c21. The average molecular weight is 243 g/mol. The van der Waals surface area contributed by atoms with Gasteiger partial charge in [0, 0.05) is 0 Å². The molecule has 2 heterocycles. The number of imidazole rings is 1. The van der Waals surface area contributed by atoms with Crippen molar-refractivity contribution in [3.8, 4) is 5.69 Å². The lowest BCUT2D eigenvalue weighted by molar-refractivity contribution is -0.645. The fourth-order valence-corrected chi connectivity index (χ4v) is 1.98. The van der Waals surface area contributed by atoms with E-state index in [-0.39, 0.29) is 5.56 Å². The van der Waals surface area contributed by atoms with Crippen molar-refractivity contribution in [2.75, 3.05) is 0 Å². The number of hydrogen-bond donors (Lipinski definition) is 1. The van der Waals surface area contributed by atoms with E-state index < -0.39 is 5.69 Å². The molecule has 0 saturated heterocycles. The first kappa shape index (κ1) is 10.5. The molecule has 0 spiro atoms. The zero-order valence-electron chi connectivity index (χ0n) is 9.70. The van der Waals surface area contributed by atoms with Gasteiger partial charge in [0.15, 0.2) is 6.20 Å². The van der Waals surface area contributed by atoms with E-state index in [2.05, 4.69) is 5.10 Å². The minimum Gasteiger partial charge on any atom is -0.259 e. The first-order chi connectivity index (χ1) is 8.68. The van der Waals surface area contributed by atoms with Crippen LogP contribution in [0.5, 0.6) is 0 Å². The van der Waals surface area contributed by atoms with Gasteiger partial charge >= 0.3 is 16.9 Å². The Labute approximate surface area is 101 Å². The Kier molecular flexibility index (Phi) is 2.16. The van der Waals surface area contributed by atoms with Crippen LogP contribution in [0.3, 0.4) is 0 Å². The highest BCUT2D eigenvalue weighted by molar-refractivity contribution is 5.35. The van der Waals surface area contributed by atoms with Crippen molar-refractivity contribution in [2.45, 2.75) is 0 Å². The number of hydrogen-bond acceptors (Lipinski definition) is 2. The third kappa shape index (κ3) is 1.39. The molecule has 0 amide bonds. The molecule has 3 rings (SSSR count). The van der Waals surface area contributed by atoms with Crippen molar-refractivity contribution >= 4 is 5.65 Å². The largest absolute Gasteiger partial charge is 0.372 e. The number of H-pyrrole nitrogens is 1. The van der Waals surface area contributed by atoms with Crippen LogP contribution in [0.2, 0.25) is 0 Å². The number of aromatic amines is 1. The molecule has 0 saturated carbocycles. The maximum Gasteiger partial charge on any atom is 0.372 e. The van der Waals surface area contributed by atoms with E-state index in [1.54, 1.807) is 48.3 Å². The van der Waals surface area contributed by atoms with Gasteiger partial charge in [0.2, 0.25) is 0 Å². The third-order valence-electron chi connectivity index (χ3n) is 2.83. The first-order valence-corrected chi connectivity index (χ1v) is 5.46. The van der Waals surface area contributed by atoms with Crippen molar-refractivity contribution in [3.05, 3.63) is 63.6 Å². The Morgan fingerprint density at radius 2 is 1.89 bits per heavy atom. The number of nitrogens with one attached hydrogen (secondary N) is 1. The summed E-state index contributed by atoms with van der Waals surface area (Å²) in [7, 11) is 1.75. The van der Waals surface area contributed by atoms with Crippen LogP contribution in [-0.4, -0.2) is 14.2 Å². The van der Waals surface area contributed by atoms with E-state index in [4.69, 9.17) is 0 Å². The molecule has 0 fully saturated rings. The Balaban J connectivity index is 2.47. The van der Waals surface area contributed by atoms with Gasteiger partial charge in [-0.3, -0.25) is 4.79 Å². The van der Waals surface area contributed by atoms with Crippen molar-refractivity contribution in [2.24, 2.45) is 7.05 Å². The third-order valence-corrected chi connectivity index (χ3v) is 2.83. The van der Waals surface area contributed by atoms with Gasteiger partial charge in [0.05, 0.1) is 12.7 Å². The molecule has 0 atom stereocenters. The summed E-state index contributed by atoms with van der Waals surface area (Å²) >= 11 is 0. The van der Waals surface area contributed by atoms with Gasteiger partial charge in [-0.2, -0.15) is 5.10 Å². The number of fused-ring (bicyclic) bond motifs is 1. The highest BCUT2D eigenvalue weighted by atomic mass is 16.2. The number of nitrogens with zero attached hydrogens (tertiary/aromatic N) is 3. The van der Waals surface area contributed by atoms with Crippen LogP contribution in [0, 0.1) is 0 Å². The molecule has 0 unspecified atom stereocenters. The molecule has 1 aromatic carbocycles. The Hall–Kier alpha value is -2.63. The van der Waals surface area contributed by atoms with E-state index in [1.165, 1.54) is 4.52 Å². The van der Waals surface area contributed by atoms with E-state index >= 15 is 0 Å². The highest BCUT2D eigenvalue weighted by Crippen LogP contribution is 2.00. The maximum absolute atomic E-state index is 12.3. The van der Waals surface area contributed by atoms with Gasteiger partial charge in [0.25, 0.3) is 0 Å². The number of para-hydroxylation sites is 1. The second-order valence-electron chi connectivity index (χ2n) is 4.00. The molecule has 90 valence electrons. The van der Waals surface area contributed by atoms with Crippen molar-refractivity contribution in [1.29, 1.82) is 0 Å². The van der Waals surface area contributed by atoms with Gasteiger partial charge < -0.3 is 0 Å². The molecule has 1 N–H and O–H groups in total. The number of benzene rings is 1. The number of aryl methyl sites for hydroxylation is 1. The van der Waals surface area contributed by atoms with E-state index in [0.717, 1.165) is 4.57 Å². The second-order valence-corrected chi connectivity index (χ2v) is 4.00. The average Bonchev–Trinajstić information content (AvgIpc) is 2.72. The molecular formula is C12H11N4O2+. The molecule has 3 aromatic rings. The van der Waals surface area contributed by atoms with Crippen LogP contribution in [0.15, 0.2) is 52.3 Å². The summed E-state index contributed by atoms with van der Waals surface area (Å²) in [5, 5.41) is 2.62. The lowest BCUT2D eigenvalue weighted by atomic mass is 10.3. The fourth-order valence-electron chi connectivity index (χ4n) is 1.98. The van der Waals surface area contributed by atoms with Gasteiger partial charge in [-0.05, 0) is 12.1 Å². The minimum absolute atomic E-state index is 0.350. The lowest BCUT2D eigenvalue weighted by Crippen LogP contribution is -2.42. The zero-order chi connectivity index (χ0) is 12.7. The van der Waals surface area contributed by atoms with Crippen molar-refractivity contribution in [3.63, 3.8) is 0 Å². The predicted octanol–water partition coefficient (Wildman–Crippen LogP) is -0.397. The Morgan fingerprint density at radius 1 is 1.17 bits per heavy atom. The fraction of sp³-hybridized carbons (Fsp3) is 0.0833. The van der Waals surface area contributed by atoms with Gasteiger partial charge in [-0.1, -0.05) is 18.2 Å². The summed E-state index contributed by atoms with van der Waals surface area (Å²) in [5.74, 6) is 0. The molecule has 0 aliphatic carbocycles. The monoisotopic (exact) mass is 243 g/mol. The maximum atomic E-state index is 12.3. The molecular weight excluding hydrogens is 232 g/mol.